The number of nitrogens with one attached hydrogen (secondary N) is 1. The number of benzene rings is 1. The van der Waals surface area contributed by atoms with Gasteiger partial charge in [-0.2, -0.15) is 4.98 Å². The van der Waals surface area contributed by atoms with E-state index in [2.05, 4.69) is 50.8 Å². The summed E-state index contributed by atoms with van der Waals surface area (Å²) in [6, 6.07) is 11.7. The molecule has 182 valence electrons. The van der Waals surface area contributed by atoms with Gasteiger partial charge in [0.25, 0.3) is 5.56 Å². The van der Waals surface area contributed by atoms with E-state index in [4.69, 9.17) is 0 Å². The summed E-state index contributed by atoms with van der Waals surface area (Å²) in [5.74, 6) is 1.14. The van der Waals surface area contributed by atoms with Crippen LogP contribution >= 0.6 is 0 Å². The molecule has 0 bridgehead atoms. The van der Waals surface area contributed by atoms with E-state index in [9.17, 15) is 9.59 Å². The summed E-state index contributed by atoms with van der Waals surface area (Å²) in [7, 11) is 2.16. The van der Waals surface area contributed by atoms with E-state index >= 15 is 0 Å². The monoisotopic (exact) mass is 472 g/mol. The Bertz CT molecular complexity index is 1270. The lowest BCUT2D eigenvalue weighted by Crippen LogP contribution is -2.44. The SMILES string of the molecule is C=CC(=O)C1CC(CCn2c(=O)ccc3cnc(Nc4ccc(N5CCN(C)CC5)cc4)nc32)C1. The molecule has 3 heterocycles. The minimum Gasteiger partial charge on any atom is -0.369 e. The Balaban J connectivity index is 1.28. The normalized spacial score (nSPS) is 20.4. The van der Waals surface area contributed by atoms with E-state index < -0.39 is 0 Å². The van der Waals surface area contributed by atoms with Crippen LogP contribution < -0.4 is 15.8 Å². The van der Waals surface area contributed by atoms with Crippen LogP contribution in [0.4, 0.5) is 17.3 Å². The molecule has 8 nitrogen and oxygen atoms in total. The van der Waals surface area contributed by atoms with Gasteiger partial charge < -0.3 is 15.1 Å². The molecule has 5 rings (SSSR count). The molecule has 8 heteroatoms. The highest BCUT2D eigenvalue weighted by Gasteiger charge is 2.32. The molecule has 1 aliphatic carbocycles. The molecule has 0 amide bonds. The molecule has 1 saturated heterocycles. The lowest BCUT2D eigenvalue weighted by atomic mass is 9.71. The third-order valence-corrected chi connectivity index (χ3v) is 7.32. The van der Waals surface area contributed by atoms with Gasteiger partial charge in [-0.3, -0.25) is 14.2 Å². The van der Waals surface area contributed by atoms with Crippen molar-refractivity contribution in [3.8, 4) is 0 Å². The molecular weight excluding hydrogens is 440 g/mol. The van der Waals surface area contributed by atoms with Crippen LogP contribution in [0.15, 0.2) is 60.0 Å². The lowest BCUT2D eigenvalue weighted by molar-refractivity contribution is -0.122. The first-order chi connectivity index (χ1) is 17.0. The van der Waals surface area contributed by atoms with Crippen molar-refractivity contribution in [2.45, 2.75) is 25.8 Å². The number of allylic oxidation sites excluding steroid dienone is 1. The third-order valence-electron chi connectivity index (χ3n) is 7.32. The highest BCUT2D eigenvalue weighted by Crippen LogP contribution is 2.37. The number of carbonyl (C=O) groups excluding carboxylic acids is 1. The number of aromatic nitrogens is 3. The number of ketones is 1. The van der Waals surface area contributed by atoms with Crippen molar-refractivity contribution in [3.63, 3.8) is 0 Å². The standard InChI is InChI=1S/C27H32N6O2/c1-3-24(34)21-16-19(17-21)10-11-33-25(35)9-4-20-18-28-27(30-26(20)33)29-22-5-7-23(8-6-22)32-14-12-31(2)13-15-32/h3-9,18-19,21H,1,10-17H2,2H3,(H,28,29,30). The van der Waals surface area contributed by atoms with Crippen molar-refractivity contribution in [2.75, 3.05) is 43.4 Å². The Kier molecular flexibility index (Phi) is 6.63. The largest absolute Gasteiger partial charge is 0.369 e. The number of pyridine rings is 1. The first-order valence-corrected chi connectivity index (χ1v) is 12.3. The van der Waals surface area contributed by atoms with E-state index in [-0.39, 0.29) is 17.3 Å². The number of fused-ring (bicyclic) bond motifs is 1. The van der Waals surface area contributed by atoms with Crippen molar-refractivity contribution in [2.24, 2.45) is 11.8 Å². The van der Waals surface area contributed by atoms with Gasteiger partial charge >= 0.3 is 0 Å². The fourth-order valence-corrected chi connectivity index (χ4v) is 4.98. The summed E-state index contributed by atoms with van der Waals surface area (Å²) in [5, 5.41) is 4.11. The second kappa shape index (κ2) is 10.00. The Morgan fingerprint density at radius 1 is 1.11 bits per heavy atom. The Morgan fingerprint density at radius 3 is 2.57 bits per heavy atom. The summed E-state index contributed by atoms with van der Waals surface area (Å²) < 4.78 is 1.72. The fourth-order valence-electron chi connectivity index (χ4n) is 4.98. The first-order valence-electron chi connectivity index (χ1n) is 12.3. The molecule has 2 fully saturated rings. The van der Waals surface area contributed by atoms with Gasteiger partial charge in [0, 0.05) is 67.7 Å². The first kappa shape index (κ1) is 23.2. The van der Waals surface area contributed by atoms with E-state index in [0.717, 1.165) is 56.5 Å². The maximum absolute atomic E-state index is 12.7. The Labute approximate surface area is 205 Å². The van der Waals surface area contributed by atoms with Crippen molar-refractivity contribution in [3.05, 3.63) is 65.6 Å². The van der Waals surface area contributed by atoms with Crippen LogP contribution in [0.2, 0.25) is 0 Å². The average molecular weight is 473 g/mol. The maximum atomic E-state index is 12.7. The van der Waals surface area contributed by atoms with Crippen molar-refractivity contribution < 1.29 is 4.79 Å². The van der Waals surface area contributed by atoms with Crippen LogP contribution in [0.3, 0.4) is 0 Å². The molecule has 1 aromatic carbocycles. The second-order valence-electron chi connectivity index (χ2n) is 9.69. The molecule has 2 aliphatic rings. The van der Waals surface area contributed by atoms with Gasteiger partial charge in [-0.05, 0) is 68.6 Å². The van der Waals surface area contributed by atoms with Crippen LogP contribution in [0.5, 0.6) is 0 Å². The van der Waals surface area contributed by atoms with Crippen LogP contribution in [0, 0.1) is 11.8 Å². The highest BCUT2D eigenvalue weighted by atomic mass is 16.1. The number of hydrogen-bond donors (Lipinski definition) is 1. The molecule has 0 atom stereocenters. The molecule has 35 heavy (non-hydrogen) atoms. The van der Waals surface area contributed by atoms with Crippen molar-refractivity contribution in [1.29, 1.82) is 0 Å². The molecule has 0 unspecified atom stereocenters. The Morgan fingerprint density at radius 2 is 1.86 bits per heavy atom. The maximum Gasteiger partial charge on any atom is 0.252 e. The average Bonchev–Trinajstić information content (AvgIpc) is 2.85. The number of aryl methyl sites for hydroxylation is 1. The number of likely N-dealkylation sites (N-methyl/N-ethyl adjacent to an activating group) is 1. The molecule has 2 aromatic heterocycles. The van der Waals surface area contributed by atoms with Crippen LogP contribution in [0.1, 0.15) is 19.3 Å². The molecule has 1 N–H and O–H groups in total. The molecule has 1 saturated carbocycles. The summed E-state index contributed by atoms with van der Waals surface area (Å²) in [6.07, 6.45) is 5.76. The zero-order chi connectivity index (χ0) is 24.4. The highest BCUT2D eigenvalue weighted by molar-refractivity contribution is 5.91. The summed E-state index contributed by atoms with van der Waals surface area (Å²) in [5.41, 5.74) is 2.67. The predicted octanol–water partition coefficient (Wildman–Crippen LogP) is 3.46. The minimum atomic E-state index is -0.0725. The van der Waals surface area contributed by atoms with Crippen LogP contribution in [-0.2, 0) is 11.3 Å². The zero-order valence-corrected chi connectivity index (χ0v) is 20.2. The van der Waals surface area contributed by atoms with Gasteiger partial charge in [-0.1, -0.05) is 6.58 Å². The minimum absolute atomic E-state index is 0.0725. The number of nitrogens with zero attached hydrogens (tertiary/aromatic N) is 5. The molecular formula is C27H32N6O2. The van der Waals surface area contributed by atoms with E-state index in [1.54, 1.807) is 22.9 Å². The summed E-state index contributed by atoms with van der Waals surface area (Å²) >= 11 is 0. The zero-order valence-electron chi connectivity index (χ0n) is 20.2. The molecule has 0 spiro atoms. The third kappa shape index (κ3) is 5.12. The number of rotatable bonds is 8. The lowest BCUT2D eigenvalue weighted by Gasteiger charge is -2.34. The van der Waals surface area contributed by atoms with Crippen LogP contribution in [-0.4, -0.2) is 58.4 Å². The topological polar surface area (TPSA) is 83.4 Å². The Hall–Kier alpha value is -3.52. The van der Waals surface area contributed by atoms with Gasteiger partial charge in [0.15, 0.2) is 5.78 Å². The van der Waals surface area contributed by atoms with E-state index in [1.807, 2.05) is 12.1 Å². The van der Waals surface area contributed by atoms with Gasteiger partial charge in [0.2, 0.25) is 5.95 Å². The van der Waals surface area contributed by atoms with Gasteiger partial charge in [0.1, 0.15) is 5.65 Å². The smallest absolute Gasteiger partial charge is 0.252 e. The summed E-state index contributed by atoms with van der Waals surface area (Å²) in [6.45, 7) is 8.35. The summed E-state index contributed by atoms with van der Waals surface area (Å²) in [4.78, 5) is 38.3. The van der Waals surface area contributed by atoms with Gasteiger partial charge in [0.05, 0.1) is 0 Å². The molecule has 0 radical (unpaired) electrons. The quantitative estimate of drug-likeness (QED) is 0.503. The van der Waals surface area contributed by atoms with E-state index in [0.29, 0.717) is 24.1 Å². The van der Waals surface area contributed by atoms with Crippen LogP contribution in [0.25, 0.3) is 11.0 Å². The fraction of sp³-hybridized carbons (Fsp3) is 0.407. The van der Waals surface area contributed by atoms with Crippen molar-refractivity contribution in [1.82, 2.24) is 19.4 Å². The number of anilines is 3. The van der Waals surface area contributed by atoms with Gasteiger partial charge in [-0.25, -0.2) is 4.98 Å². The number of carbonyl (C=O) groups is 1. The van der Waals surface area contributed by atoms with Gasteiger partial charge in [-0.15, -0.1) is 0 Å². The predicted molar refractivity (Wildman–Crippen MR) is 139 cm³/mol. The van der Waals surface area contributed by atoms with E-state index in [1.165, 1.54) is 11.8 Å². The molecule has 1 aliphatic heterocycles. The van der Waals surface area contributed by atoms with Crippen molar-refractivity contribution >= 4 is 34.1 Å². The number of hydrogen-bond acceptors (Lipinski definition) is 7. The molecule has 3 aromatic rings. The number of piperazine rings is 1. The second-order valence-corrected chi connectivity index (χ2v) is 9.69.